The third-order valence-corrected chi connectivity index (χ3v) is 5.13. The molecule has 1 aliphatic heterocycles. The lowest BCUT2D eigenvalue weighted by Gasteiger charge is -2.23. The lowest BCUT2D eigenvalue weighted by molar-refractivity contribution is -0.113. The van der Waals surface area contributed by atoms with Gasteiger partial charge in [-0.25, -0.2) is 4.98 Å². The number of amides is 1. The molecular weight excluding hydrogens is 412 g/mol. The first-order chi connectivity index (χ1) is 14.8. The molecule has 0 radical (unpaired) electrons. The molecule has 1 aliphatic rings. The van der Waals surface area contributed by atoms with Crippen LogP contribution in [0, 0.1) is 0 Å². The number of benzene rings is 2. The number of ether oxygens (including phenoxy) is 2. The fraction of sp³-hybridized carbons (Fsp3) is 0.200. The Labute approximate surface area is 186 Å². The maximum Gasteiger partial charge on any atom is 0.255 e. The van der Waals surface area contributed by atoms with E-state index in [1.807, 2.05) is 24.3 Å². The third kappa shape index (κ3) is 4.72. The Balaban J connectivity index is 1.59. The van der Waals surface area contributed by atoms with Gasteiger partial charge in [0.2, 0.25) is 5.88 Å². The monoisotopic (exact) mass is 434 g/mol. The molecule has 0 saturated carbocycles. The standard InChI is InChI=1S/C25H23ClN2O3/c1-25(2,3)19-7-4-5-9-22(19)31-24-20(8-6-12-27-24)28-23(29)17-13-16-14-18(26)10-11-21(16)30-15-17/h4-14H,15H2,1-3H3,(H,28,29). The van der Waals surface area contributed by atoms with Crippen LogP contribution in [0.5, 0.6) is 17.4 Å². The number of fused-ring (bicyclic) bond motifs is 1. The summed E-state index contributed by atoms with van der Waals surface area (Å²) in [4.78, 5) is 17.3. The third-order valence-electron chi connectivity index (χ3n) is 4.90. The summed E-state index contributed by atoms with van der Waals surface area (Å²) in [6, 6.07) is 16.7. The van der Waals surface area contributed by atoms with E-state index in [2.05, 4.69) is 31.1 Å². The van der Waals surface area contributed by atoms with E-state index in [4.69, 9.17) is 21.1 Å². The zero-order chi connectivity index (χ0) is 22.0. The molecule has 1 N–H and O–H groups in total. The Bertz CT molecular complexity index is 1170. The Morgan fingerprint density at radius 1 is 1.13 bits per heavy atom. The van der Waals surface area contributed by atoms with Crippen LogP contribution in [0.2, 0.25) is 5.02 Å². The maximum atomic E-state index is 12.9. The average Bonchev–Trinajstić information content (AvgIpc) is 2.74. The van der Waals surface area contributed by atoms with Crippen LogP contribution in [0.3, 0.4) is 0 Å². The van der Waals surface area contributed by atoms with Gasteiger partial charge in [0.05, 0.1) is 5.57 Å². The van der Waals surface area contributed by atoms with Crippen LogP contribution >= 0.6 is 11.6 Å². The second-order valence-electron chi connectivity index (χ2n) is 8.30. The molecule has 1 aromatic heterocycles. The van der Waals surface area contributed by atoms with Crippen LogP contribution in [-0.4, -0.2) is 17.5 Å². The molecule has 0 unspecified atom stereocenters. The van der Waals surface area contributed by atoms with Crippen LogP contribution in [0.15, 0.2) is 66.4 Å². The number of nitrogens with zero attached hydrogens (tertiary/aromatic N) is 1. The van der Waals surface area contributed by atoms with Gasteiger partial charge in [0, 0.05) is 22.3 Å². The minimum Gasteiger partial charge on any atom is -0.488 e. The number of aromatic nitrogens is 1. The van der Waals surface area contributed by atoms with Crippen molar-refractivity contribution in [2.75, 3.05) is 11.9 Å². The smallest absolute Gasteiger partial charge is 0.255 e. The van der Waals surface area contributed by atoms with Crippen molar-refractivity contribution in [2.24, 2.45) is 0 Å². The van der Waals surface area contributed by atoms with E-state index in [0.29, 0.717) is 33.7 Å². The lowest BCUT2D eigenvalue weighted by Crippen LogP contribution is -2.21. The van der Waals surface area contributed by atoms with Crippen LogP contribution in [0.25, 0.3) is 6.08 Å². The number of nitrogens with one attached hydrogen (secondary N) is 1. The summed E-state index contributed by atoms with van der Waals surface area (Å²) < 4.78 is 11.8. The predicted octanol–water partition coefficient (Wildman–Crippen LogP) is 6.24. The van der Waals surface area contributed by atoms with Gasteiger partial charge in [0.15, 0.2) is 0 Å². The van der Waals surface area contributed by atoms with E-state index in [0.717, 1.165) is 11.1 Å². The molecule has 0 atom stereocenters. The van der Waals surface area contributed by atoms with Crippen LogP contribution in [0.4, 0.5) is 5.69 Å². The first kappa shape index (κ1) is 20.9. The number of hydrogen-bond donors (Lipinski definition) is 1. The molecular formula is C25H23ClN2O3. The number of halogens is 1. The van der Waals surface area contributed by atoms with Gasteiger partial charge < -0.3 is 14.8 Å². The second-order valence-corrected chi connectivity index (χ2v) is 8.74. The van der Waals surface area contributed by atoms with Crippen molar-refractivity contribution in [2.45, 2.75) is 26.2 Å². The van der Waals surface area contributed by atoms with Gasteiger partial charge >= 0.3 is 0 Å². The van der Waals surface area contributed by atoms with Gasteiger partial charge in [-0.2, -0.15) is 0 Å². The highest BCUT2D eigenvalue weighted by molar-refractivity contribution is 6.30. The molecule has 31 heavy (non-hydrogen) atoms. The summed E-state index contributed by atoms with van der Waals surface area (Å²) >= 11 is 6.07. The molecule has 2 heterocycles. The van der Waals surface area contributed by atoms with Crippen molar-refractivity contribution >= 4 is 29.3 Å². The molecule has 2 aromatic carbocycles. The molecule has 4 rings (SSSR count). The van der Waals surface area contributed by atoms with Crippen molar-refractivity contribution in [1.82, 2.24) is 4.98 Å². The molecule has 158 valence electrons. The quantitative estimate of drug-likeness (QED) is 0.528. The number of carbonyl (C=O) groups is 1. The van der Waals surface area contributed by atoms with Crippen LogP contribution in [0.1, 0.15) is 31.9 Å². The molecule has 0 aliphatic carbocycles. The summed E-state index contributed by atoms with van der Waals surface area (Å²) in [6.07, 6.45) is 3.41. The topological polar surface area (TPSA) is 60.5 Å². The van der Waals surface area contributed by atoms with Gasteiger partial charge in [0.1, 0.15) is 23.8 Å². The number of anilines is 1. The van der Waals surface area contributed by atoms with Crippen molar-refractivity contribution in [3.8, 4) is 17.4 Å². The Morgan fingerprint density at radius 3 is 2.74 bits per heavy atom. The SMILES string of the molecule is CC(C)(C)c1ccccc1Oc1ncccc1NC(=O)C1=Cc2cc(Cl)ccc2OC1. The molecule has 0 bridgehead atoms. The van der Waals surface area contributed by atoms with Gasteiger partial charge in [-0.3, -0.25) is 4.79 Å². The zero-order valence-corrected chi connectivity index (χ0v) is 18.4. The fourth-order valence-electron chi connectivity index (χ4n) is 3.33. The minimum atomic E-state index is -0.285. The molecule has 6 heteroatoms. The highest BCUT2D eigenvalue weighted by atomic mass is 35.5. The van der Waals surface area contributed by atoms with E-state index < -0.39 is 0 Å². The number of hydrogen-bond acceptors (Lipinski definition) is 4. The Morgan fingerprint density at radius 2 is 1.94 bits per heavy atom. The highest BCUT2D eigenvalue weighted by Crippen LogP contribution is 2.36. The number of rotatable bonds is 4. The van der Waals surface area contributed by atoms with Crippen molar-refractivity contribution in [3.63, 3.8) is 0 Å². The number of para-hydroxylation sites is 1. The van der Waals surface area contributed by atoms with E-state index in [1.54, 1.807) is 42.6 Å². The first-order valence-corrected chi connectivity index (χ1v) is 10.4. The van der Waals surface area contributed by atoms with E-state index in [-0.39, 0.29) is 17.9 Å². The molecule has 0 saturated heterocycles. The largest absolute Gasteiger partial charge is 0.488 e. The molecule has 3 aromatic rings. The van der Waals surface area contributed by atoms with Crippen molar-refractivity contribution in [3.05, 3.63) is 82.5 Å². The summed E-state index contributed by atoms with van der Waals surface area (Å²) in [5.41, 5.74) is 2.68. The summed E-state index contributed by atoms with van der Waals surface area (Å²) in [5.74, 6) is 1.44. The second kappa shape index (κ2) is 8.44. The predicted molar refractivity (Wildman–Crippen MR) is 123 cm³/mol. The van der Waals surface area contributed by atoms with E-state index in [1.165, 1.54) is 0 Å². The average molecular weight is 435 g/mol. The summed E-state index contributed by atoms with van der Waals surface area (Å²) in [7, 11) is 0. The maximum absolute atomic E-state index is 12.9. The van der Waals surface area contributed by atoms with Gasteiger partial charge in [-0.15, -0.1) is 0 Å². The van der Waals surface area contributed by atoms with Gasteiger partial charge in [0.25, 0.3) is 5.91 Å². The zero-order valence-electron chi connectivity index (χ0n) is 17.6. The van der Waals surface area contributed by atoms with Crippen molar-refractivity contribution < 1.29 is 14.3 Å². The molecule has 1 amide bonds. The molecule has 5 nitrogen and oxygen atoms in total. The normalized spacial score (nSPS) is 13.0. The molecule has 0 spiro atoms. The van der Waals surface area contributed by atoms with Gasteiger partial charge in [-0.05, 0) is 47.9 Å². The fourth-order valence-corrected chi connectivity index (χ4v) is 3.51. The van der Waals surface area contributed by atoms with Crippen LogP contribution < -0.4 is 14.8 Å². The lowest BCUT2D eigenvalue weighted by atomic mass is 9.86. The summed E-state index contributed by atoms with van der Waals surface area (Å²) in [6.45, 7) is 6.53. The molecule has 0 fully saturated rings. The highest BCUT2D eigenvalue weighted by Gasteiger charge is 2.22. The number of pyridine rings is 1. The minimum absolute atomic E-state index is 0.103. The Kier molecular flexibility index (Phi) is 5.70. The Hall–Kier alpha value is -3.31. The van der Waals surface area contributed by atoms with Crippen LogP contribution in [-0.2, 0) is 10.2 Å². The first-order valence-electron chi connectivity index (χ1n) is 9.98. The van der Waals surface area contributed by atoms with Gasteiger partial charge in [-0.1, -0.05) is 50.6 Å². The van der Waals surface area contributed by atoms with E-state index in [9.17, 15) is 4.79 Å². The van der Waals surface area contributed by atoms with E-state index >= 15 is 0 Å². The number of carbonyl (C=O) groups excluding carboxylic acids is 1. The van der Waals surface area contributed by atoms with Crippen molar-refractivity contribution in [1.29, 1.82) is 0 Å². The summed E-state index contributed by atoms with van der Waals surface area (Å²) in [5, 5.41) is 3.48.